The normalized spacial score (nSPS) is 11.9. The fourth-order valence-corrected chi connectivity index (χ4v) is 10.0. The quantitative estimate of drug-likeness (QED) is 0.173. The van der Waals surface area contributed by atoms with Gasteiger partial charge in [0.15, 0.2) is 0 Å². The van der Waals surface area contributed by atoms with Crippen molar-refractivity contribution in [3.63, 3.8) is 0 Å². The van der Waals surface area contributed by atoms with Gasteiger partial charge in [-0.1, -0.05) is 133 Å². The van der Waals surface area contributed by atoms with Crippen molar-refractivity contribution in [3.8, 4) is 33.4 Å². The third-order valence-corrected chi connectivity index (χ3v) is 11.8. The molecule has 0 amide bonds. The van der Waals surface area contributed by atoms with Crippen molar-refractivity contribution in [3.05, 3.63) is 158 Å². The highest BCUT2D eigenvalue weighted by Gasteiger charge is 2.20. The molecule has 2 heteroatoms. The third-order valence-electron chi connectivity index (χ3n) is 9.45. The topological polar surface area (TPSA) is 0 Å². The molecule has 2 heterocycles. The molecular formula is C44H26S2. The molecule has 0 aliphatic rings. The summed E-state index contributed by atoms with van der Waals surface area (Å²) in [5.41, 5.74) is 7.65. The summed E-state index contributed by atoms with van der Waals surface area (Å²) in [6.45, 7) is 0. The minimum Gasteiger partial charge on any atom is -0.135 e. The molecular weight excluding hydrogens is 593 g/mol. The second kappa shape index (κ2) is 10.1. The molecule has 0 aliphatic heterocycles. The highest BCUT2D eigenvalue weighted by atomic mass is 32.1. The monoisotopic (exact) mass is 618 g/mol. The lowest BCUT2D eigenvalue weighted by atomic mass is 9.85. The molecule has 46 heavy (non-hydrogen) atoms. The van der Waals surface area contributed by atoms with Crippen molar-refractivity contribution >= 4 is 84.6 Å². The first-order valence-corrected chi connectivity index (χ1v) is 17.3. The summed E-state index contributed by atoms with van der Waals surface area (Å²) in [6.07, 6.45) is 0. The summed E-state index contributed by atoms with van der Waals surface area (Å²) >= 11 is 3.84. The predicted molar refractivity (Wildman–Crippen MR) is 204 cm³/mol. The van der Waals surface area contributed by atoms with E-state index in [-0.39, 0.29) is 0 Å². The number of hydrogen-bond acceptors (Lipinski definition) is 2. The van der Waals surface area contributed by atoms with Crippen molar-refractivity contribution in [2.75, 3.05) is 0 Å². The Morgan fingerprint density at radius 1 is 0.304 bits per heavy atom. The van der Waals surface area contributed by atoms with Gasteiger partial charge in [0, 0.05) is 40.3 Å². The average Bonchev–Trinajstić information content (AvgIpc) is 3.69. The molecule has 214 valence electrons. The van der Waals surface area contributed by atoms with Gasteiger partial charge < -0.3 is 0 Å². The lowest BCUT2D eigenvalue weighted by molar-refractivity contribution is 1.64. The van der Waals surface area contributed by atoms with Crippen LogP contribution in [0.3, 0.4) is 0 Å². The Morgan fingerprint density at radius 3 is 1.43 bits per heavy atom. The maximum Gasteiger partial charge on any atom is 0.0454 e. The highest BCUT2D eigenvalue weighted by Crippen LogP contribution is 2.49. The molecule has 0 spiro atoms. The maximum atomic E-state index is 2.45. The van der Waals surface area contributed by atoms with Gasteiger partial charge in [0.05, 0.1) is 0 Å². The van der Waals surface area contributed by atoms with Gasteiger partial charge in [-0.05, 0) is 79.2 Å². The van der Waals surface area contributed by atoms with E-state index in [9.17, 15) is 0 Å². The van der Waals surface area contributed by atoms with Crippen LogP contribution in [0.5, 0.6) is 0 Å². The molecule has 0 bridgehead atoms. The lowest BCUT2D eigenvalue weighted by Gasteiger charge is -2.18. The molecule has 0 fully saturated rings. The number of hydrogen-bond donors (Lipinski definition) is 0. The van der Waals surface area contributed by atoms with E-state index in [1.165, 1.54) is 95.3 Å². The second-order valence-electron chi connectivity index (χ2n) is 12.0. The number of benzene rings is 8. The van der Waals surface area contributed by atoms with Crippen LogP contribution in [0.2, 0.25) is 0 Å². The zero-order chi connectivity index (χ0) is 30.2. The van der Waals surface area contributed by atoms with Gasteiger partial charge in [0.2, 0.25) is 0 Å². The largest absolute Gasteiger partial charge is 0.135 e. The number of fused-ring (bicyclic) bond motifs is 9. The average molecular weight is 619 g/mol. The molecule has 8 aromatic carbocycles. The first kappa shape index (κ1) is 26.0. The van der Waals surface area contributed by atoms with E-state index in [1.54, 1.807) is 0 Å². The van der Waals surface area contributed by atoms with E-state index in [1.807, 2.05) is 22.7 Å². The first-order valence-electron chi connectivity index (χ1n) is 15.7. The Bertz CT molecular complexity index is 2740. The van der Waals surface area contributed by atoms with Crippen molar-refractivity contribution < 1.29 is 0 Å². The third kappa shape index (κ3) is 3.78. The van der Waals surface area contributed by atoms with Crippen LogP contribution in [-0.2, 0) is 0 Å². The van der Waals surface area contributed by atoms with Crippen molar-refractivity contribution in [1.29, 1.82) is 0 Å². The van der Waals surface area contributed by atoms with E-state index >= 15 is 0 Å². The van der Waals surface area contributed by atoms with Crippen molar-refractivity contribution in [2.24, 2.45) is 0 Å². The number of thiophene rings is 2. The van der Waals surface area contributed by atoms with Crippen LogP contribution in [-0.4, -0.2) is 0 Å². The van der Waals surface area contributed by atoms with Crippen LogP contribution >= 0.6 is 22.7 Å². The molecule has 0 nitrogen and oxygen atoms in total. The van der Waals surface area contributed by atoms with Gasteiger partial charge >= 0.3 is 0 Å². The van der Waals surface area contributed by atoms with E-state index < -0.39 is 0 Å². The highest BCUT2D eigenvalue weighted by molar-refractivity contribution is 7.30. The zero-order valence-corrected chi connectivity index (χ0v) is 26.5. The summed E-state index contributed by atoms with van der Waals surface area (Å²) < 4.78 is 5.42. The van der Waals surface area contributed by atoms with E-state index in [4.69, 9.17) is 0 Å². The zero-order valence-electron chi connectivity index (χ0n) is 24.8. The summed E-state index contributed by atoms with van der Waals surface area (Å²) in [4.78, 5) is 0. The Morgan fingerprint density at radius 2 is 0.783 bits per heavy atom. The summed E-state index contributed by atoms with van der Waals surface area (Å²) in [7, 11) is 0. The van der Waals surface area contributed by atoms with Gasteiger partial charge in [0.1, 0.15) is 0 Å². The van der Waals surface area contributed by atoms with E-state index in [0.29, 0.717) is 0 Å². The molecule has 0 N–H and O–H groups in total. The molecule has 10 aromatic rings. The Hall–Kier alpha value is -5.28. The van der Waals surface area contributed by atoms with Crippen molar-refractivity contribution in [2.45, 2.75) is 0 Å². The van der Waals surface area contributed by atoms with Crippen molar-refractivity contribution in [1.82, 2.24) is 0 Å². The maximum absolute atomic E-state index is 2.45. The van der Waals surface area contributed by atoms with E-state index in [0.717, 1.165) is 0 Å². The fourth-order valence-electron chi connectivity index (χ4n) is 7.52. The molecule has 0 unspecified atom stereocenters. The van der Waals surface area contributed by atoms with Gasteiger partial charge in [0.25, 0.3) is 0 Å². The molecule has 0 atom stereocenters. The molecule has 0 saturated carbocycles. The Kier molecular flexibility index (Phi) is 5.72. The van der Waals surface area contributed by atoms with Gasteiger partial charge in [-0.25, -0.2) is 0 Å². The molecule has 10 rings (SSSR count). The van der Waals surface area contributed by atoms with Gasteiger partial charge in [-0.2, -0.15) is 0 Å². The summed E-state index contributed by atoms with van der Waals surface area (Å²) in [5.74, 6) is 0. The summed E-state index contributed by atoms with van der Waals surface area (Å²) in [6, 6.07) is 58.2. The van der Waals surface area contributed by atoms with Crippen LogP contribution in [0.15, 0.2) is 158 Å². The standard InChI is InChI=1S/C44H26S2/c1-2-13-27(14-3-1)40-30-17-4-6-19-32(30)41(33-20-7-5-18-31(33)40)29-16-12-15-28(25-29)36-26-39-43(35-22-9-10-23-37(35)45-39)44-42(36)34-21-8-11-24-38(34)46-44/h1-26H. The molecule has 0 radical (unpaired) electrons. The molecule has 0 aliphatic carbocycles. The van der Waals surface area contributed by atoms with Crippen LogP contribution in [0, 0.1) is 0 Å². The molecule has 2 aromatic heterocycles. The minimum absolute atomic E-state index is 1.24. The lowest BCUT2D eigenvalue weighted by Crippen LogP contribution is -1.91. The van der Waals surface area contributed by atoms with Gasteiger partial charge in [-0.15, -0.1) is 22.7 Å². The smallest absolute Gasteiger partial charge is 0.0454 e. The van der Waals surface area contributed by atoms with E-state index in [2.05, 4.69) is 158 Å². The van der Waals surface area contributed by atoms with Crippen LogP contribution in [0.1, 0.15) is 0 Å². The van der Waals surface area contributed by atoms with Crippen LogP contribution in [0.25, 0.3) is 95.3 Å². The Labute approximate surface area is 274 Å². The van der Waals surface area contributed by atoms with Crippen LogP contribution < -0.4 is 0 Å². The fraction of sp³-hybridized carbons (Fsp3) is 0. The Balaban J connectivity index is 1.29. The van der Waals surface area contributed by atoms with Crippen LogP contribution in [0.4, 0.5) is 0 Å². The first-order chi connectivity index (χ1) is 22.8. The second-order valence-corrected chi connectivity index (χ2v) is 14.1. The predicted octanol–water partition coefficient (Wildman–Crippen LogP) is 13.7. The molecule has 0 saturated heterocycles. The number of rotatable bonds is 3. The minimum atomic E-state index is 1.24. The SMILES string of the molecule is c1ccc(-c2c3ccccc3c(-c3cccc(-c4cc5sc6ccccc6c5c5sc6ccccc6c45)c3)c3ccccc23)cc1. The summed E-state index contributed by atoms with van der Waals surface area (Å²) in [5, 5.41) is 10.6. The van der Waals surface area contributed by atoms with Gasteiger partial charge in [-0.3, -0.25) is 0 Å².